The van der Waals surface area contributed by atoms with Crippen molar-refractivity contribution in [1.29, 1.82) is 0 Å². The van der Waals surface area contributed by atoms with Crippen molar-refractivity contribution < 1.29 is 9.53 Å². The van der Waals surface area contributed by atoms with E-state index in [9.17, 15) is 4.79 Å². The minimum atomic E-state index is -0.0410. The van der Waals surface area contributed by atoms with E-state index in [4.69, 9.17) is 4.74 Å². The Morgan fingerprint density at radius 3 is 2.35 bits per heavy atom. The number of hydrogen-bond acceptors (Lipinski definition) is 3. The van der Waals surface area contributed by atoms with Gasteiger partial charge in [0.2, 0.25) is 5.91 Å². The third kappa shape index (κ3) is 2.80. The molecule has 0 aromatic heterocycles. The van der Waals surface area contributed by atoms with E-state index >= 15 is 0 Å². The summed E-state index contributed by atoms with van der Waals surface area (Å²) in [7, 11) is 5.60. The number of ether oxygens (including phenoxy) is 1. The molecule has 1 aromatic carbocycles. The fourth-order valence-corrected chi connectivity index (χ4v) is 3.17. The van der Waals surface area contributed by atoms with Crippen LogP contribution >= 0.6 is 0 Å². The first-order valence-corrected chi connectivity index (χ1v) is 6.93. The lowest BCUT2D eigenvalue weighted by molar-refractivity contribution is -0.132. The number of likely N-dealkylation sites (N-methyl/N-ethyl adjacent to an activating group) is 1. The molecule has 0 spiro atoms. The van der Waals surface area contributed by atoms with Crippen molar-refractivity contribution in [2.75, 3.05) is 27.7 Å². The molecule has 0 aliphatic carbocycles. The summed E-state index contributed by atoms with van der Waals surface area (Å²) in [6, 6.07) is 7.86. The number of carbonyl (C=O) groups is 1. The third-order valence-electron chi connectivity index (χ3n) is 3.93. The van der Waals surface area contributed by atoms with Gasteiger partial charge in [-0.1, -0.05) is 26.0 Å². The molecule has 1 aliphatic rings. The Morgan fingerprint density at radius 2 is 1.90 bits per heavy atom. The largest absolute Gasteiger partial charge is 0.497 e. The Labute approximate surface area is 121 Å². The van der Waals surface area contributed by atoms with Crippen LogP contribution < -0.4 is 4.74 Å². The zero-order valence-corrected chi connectivity index (χ0v) is 13.0. The molecule has 1 atom stereocenters. The van der Waals surface area contributed by atoms with Gasteiger partial charge >= 0.3 is 0 Å². The molecule has 20 heavy (non-hydrogen) atoms. The van der Waals surface area contributed by atoms with Crippen LogP contribution in [0.1, 0.15) is 19.4 Å². The molecule has 0 radical (unpaired) electrons. The molecule has 1 amide bonds. The highest BCUT2D eigenvalue weighted by atomic mass is 16.5. The van der Waals surface area contributed by atoms with Crippen molar-refractivity contribution >= 4 is 5.91 Å². The van der Waals surface area contributed by atoms with Crippen LogP contribution in [0.3, 0.4) is 0 Å². The van der Waals surface area contributed by atoms with Gasteiger partial charge in [0.1, 0.15) is 5.75 Å². The second-order valence-electron chi connectivity index (χ2n) is 6.40. The van der Waals surface area contributed by atoms with Gasteiger partial charge in [0, 0.05) is 18.5 Å². The smallest absolute Gasteiger partial charge is 0.240 e. The molecule has 1 heterocycles. The Hall–Kier alpha value is -1.55. The Balaban J connectivity index is 2.12. The molecule has 0 N–H and O–H groups in total. The van der Waals surface area contributed by atoms with Crippen LogP contribution in [0.15, 0.2) is 24.3 Å². The zero-order chi connectivity index (χ0) is 14.9. The molecule has 4 nitrogen and oxygen atoms in total. The second-order valence-corrected chi connectivity index (χ2v) is 6.40. The maximum absolute atomic E-state index is 12.5. The van der Waals surface area contributed by atoms with Gasteiger partial charge in [-0.2, -0.15) is 0 Å². The van der Waals surface area contributed by atoms with E-state index < -0.39 is 0 Å². The summed E-state index contributed by atoms with van der Waals surface area (Å²) in [5.41, 5.74) is 1.11. The van der Waals surface area contributed by atoms with Gasteiger partial charge in [-0.3, -0.25) is 9.69 Å². The molecule has 1 fully saturated rings. The van der Waals surface area contributed by atoms with E-state index in [0.717, 1.165) is 17.9 Å². The number of hydrogen-bond donors (Lipinski definition) is 0. The molecular weight excluding hydrogens is 252 g/mol. The van der Waals surface area contributed by atoms with E-state index in [-0.39, 0.29) is 17.4 Å². The van der Waals surface area contributed by atoms with Crippen molar-refractivity contribution in [2.24, 2.45) is 5.41 Å². The van der Waals surface area contributed by atoms with Gasteiger partial charge in [-0.25, -0.2) is 0 Å². The predicted octanol–water partition coefficient (Wildman–Crippen LogP) is 1.99. The highest BCUT2D eigenvalue weighted by molar-refractivity contribution is 5.85. The molecule has 0 bridgehead atoms. The van der Waals surface area contributed by atoms with Gasteiger partial charge in [0.25, 0.3) is 0 Å². The lowest BCUT2D eigenvalue weighted by atomic mass is 9.87. The number of amides is 1. The van der Waals surface area contributed by atoms with E-state index in [2.05, 4.69) is 13.8 Å². The second kappa shape index (κ2) is 5.44. The van der Waals surface area contributed by atoms with Crippen LogP contribution in [-0.4, -0.2) is 49.5 Å². The van der Waals surface area contributed by atoms with Crippen LogP contribution in [-0.2, 0) is 11.3 Å². The fraction of sp³-hybridized carbons (Fsp3) is 0.562. The molecule has 0 saturated carbocycles. The maximum Gasteiger partial charge on any atom is 0.240 e. The molecule has 1 aromatic rings. The Bertz CT molecular complexity index is 480. The molecule has 110 valence electrons. The third-order valence-corrected chi connectivity index (χ3v) is 3.93. The number of carbonyl (C=O) groups excluding carboxylic acids is 1. The molecule has 4 heteroatoms. The van der Waals surface area contributed by atoms with Crippen molar-refractivity contribution in [3.8, 4) is 5.75 Å². The zero-order valence-electron chi connectivity index (χ0n) is 13.0. The summed E-state index contributed by atoms with van der Waals surface area (Å²) < 4.78 is 5.15. The average molecular weight is 276 g/mol. The number of nitrogens with zero attached hydrogens (tertiary/aromatic N) is 2. The van der Waals surface area contributed by atoms with Crippen molar-refractivity contribution in [3.63, 3.8) is 0 Å². The number of likely N-dealkylation sites (tertiary alicyclic amines) is 1. The van der Waals surface area contributed by atoms with E-state index in [1.807, 2.05) is 48.2 Å². The Kier molecular flexibility index (Phi) is 4.04. The summed E-state index contributed by atoms with van der Waals surface area (Å²) >= 11 is 0. The summed E-state index contributed by atoms with van der Waals surface area (Å²) in [5, 5.41) is 0. The first-order chi connectivity index (χ1) is 9.35. The van der Waals surface area contributed by atoms with Crippen LogP contribution in [0.25, 0.3) is 0 Å². The van der Waals surface area contributed by atoms with E-state index in [1.54, 1.807) is 7.11 Å². The first kappa shape index (κ1) is 14.9. The quantitative estimate of drug-likeness (QED) is 0.843. The van der Waals surface area contributed by atoms with Gasteiger partial charge in [-0.05, 0) is 31.8 Å². The van der Waals surface area contributed by atoms with Gasteiger partial charge in [-0.15, -0.1) is 0 Å². The number of methoxy groups -OCH3 is 1. The van der Waals surface area contributed by atoms with Crippen LogP contribution in [0.2, 0.25) is 0 Å². The van der Waals surface area contributed by atoms with Crippen molar-refractivity contribution in [2.45, 2.75) is 26.4 Å². The van der Waals surface area contributed by atoms with E-state index in [0.29, 0.717) is 6.54 Å². The molecule has 0 unspecified atom stereocenters. The molecule has 2 rings (SSSR count). The summed E-state index contributed by atoms with van der Waals surface area (Å²) in [6.07, 6.45) is 0. The SMILES string of the molecule is COc1ccc(CN2CC(C)(C)[C@H](N(C)C)C2=O)cc1. The lowest BCUT2D eigenvalue weighted by Gasteiger charge is -2.28. The summed E-state index contributed by atoms with van der Waals surface area (Å²) in [5.74, 6) is 1.06. The van der Waals surface area contributed by atoms with Crippen LogP contribution in [0.4, 0.5) is 0 Å². The standard InChI is InChI=1S/C16H24N2O2/c1-16(2)11-18(15(19)14(16)17(3)4)10-12-6-8-13(20-5)9-7-12/h6-9,14H,10-11H2,1-5H3/t14-/m1/s1. The monoisotopic (exact) mass is 276 g/mol. The number of rotatable bonds is 4. The van der Waals surface area contributed by atoms with Gasteiger partial charge < -0.3 is 9.64 Å². The maximum atomic E-state index is 12.5. The average Bonchev–Trinajstić information content (AvgIpc) is 2.60. The highest BCUT2D eigenvalue weighted by Gasteiger charge is 2.47. The van der Waals surface area contributed by atoms with Crippen LogP contribution in [0.5, 0.6) is 5.75 Å². The van der Waals surface area contributed by atoms with Crippen molar-refractivity contribution in [1.82, 2.24) is 9.80 Å². The fourth-order valence-electron chi connectivity index (χ4n) is 3.17. The van der Waals surface area contributed by atoms with Crippen molar-refractivity contribution in [3.05, 3.63) is 29.8 Å². The summed E-state index contributed by atoms with van der Waals surface area (Å²) in [6.45, 7) is 5.77. The lowest BCUT2D eigenvalue weighted by Crippen LogP contribution is -2.43. The minimum absolute atomic E-state index is 0.0208. The van der Waals surface area contributed by atoms with E-state index in [1.165, 1.54) is 0 Å². The molecule has 1 saturated heterocycles. The molecule has 1 aliphatic heterocycles. The predicted molar refractivity (Wildman–Crippen MR) is 79.7 cm³/mol. The summed E-state index contributed by atoms with van der Waals surface area (Å²) in [4.78, 5) is 16.5. The Morgan fingerprint density at radius 1 is 1.30 bits per heavy atom. The van der Waals surface area contributed by atoms with Gasteiger partial charge in [0.15, 0.2) is 0 Å². The first-order valence-electron chi connectivity index (χ1n) is 6.93. The highest BCUT2D eigenvalue weighted by Crippen LogP contribution is 2.34. The molecular formula is C16H24N2O2. The normalized spacial score (nSPS) is 21.6. The topological polar surface area (TPSA) is 32.8 Å². The number of benzene rings is 1. The van der Waals surface area contributed by atoms with Crippen LogP contribution in [0, 0.1) is 5.41 Å². The minimum Gasteiger partial charge on any atom is -0.497 e. The van der Waals surface area contributed by atoms with Gasteiger partial charge in [0.05, 0.1) is 13.2 Å².